The van der Waals surface area contributed by atoms with Gasteiger partial charge in [0, 0.05) is 22.0 Å². The molecule has 4 nitrogen and oxygen atoms in total. The average Bonchev–Trinajstić information content (AvgIpc) is 3.34. The zero-order valence-corrected chi connectivity index (χ0v) is 15.4. The summed E-state index contributed by atoms with van der Waals surface area (Å²) in [5.41, 5.74) is 4.46. The van der Waals surface area contributed by atoms with Gasteiger partial charge in [0.05, 0.1) is 6.42 Å². The number of halogens is 1. The van der Waals surface area contributed by atoms with Crippen LogP contribution in [0.25, 0.3) is 22.0 Å². The zero-order valence-electron chi connectivity index (χ0n) is 13.7. The third kappa shape index (κ3) is 2.97. The standard InChI is InChI=1S/C19H19N3OS.ClH/c1-2-13(24-9-1)10-17-22-19-16(23-17)4-3-15-18(19)14(11-21-15)12-5-7-20-8-6-12;/h1-4,9,11-12,20-21H,5-8,10H2;1H. The molecule has 1 saturated heterocycles. The smallest absolute Gasteiger partial charge is 0.200 e. The van der Waals surface area contributed by atoms with Crippen LogP contribution in [0.4, 0.5) is 0 Å². The molecular formula is C19H20ClN3OS. The average molecular weight is 374 g/mol. The number of fused-ring (bicyclic) bond motifs is 3. The van der Waals surface area contributed by atoms with Crippen LogP contribution in [0.5, 0.6) is 0 Å². The molecule has 2 N–H and O–H groups in total. The van der Waals surface area contributed by atoms with Gasteiger partial charge in [0.15, 0.2) is 5.58 Å². The molecule has 0 radical (unpaired) electrons. The monoisotopic (exact) mass is 373 g/mol. The second-order valence-corrected chi connectivity index (χ2v) is 7.50. The van der Waals surface area contributed by atoms with Gasteiger partial charge in [0.2, 0.25) is 5.89 Å². The van der Waals surface area contributed by atoms with Gasteiger partial charge in [-0.25, -0.2) is 4.98 Å². The number of nitrogens with zero attached hydrogens (tertiary/aromatic N) is 1. The van der Waals surface area contributed by atoms with Gasteiger partial charge in [-0.05, 0) is 61.0 Å². The minimum Gasteiger partial charge on any atom is -0.440 e. The highest BCUT2D eigenvalue weighted by atomic mass is 35.5. The second-order valence-electron chi connectivity index (χ2n) is 6.47. The van der Waals surface area contributed by atoms with Gasteiger partial charge >= 0.3 is 0 Å². The molecule has 0 saturated carbocycles. The number of nitrogens with one attached hydrogen (secondary N) is 2. The Morgan fingerprint density at radius 1 is 1.20 bits per heavy atom. The van der Waals surface area contributed by atoms with Crippen LogP contribution in [0.3, 0.4) is 0 Å². The van der Waals surface area contributed by atoms with Gasteiger partial charge in [-0.1, -0.05) is 6.07 Å². The summed E-state index contributed by atoms with van der Waals surface area (Å²) >= 11 is 1.75. The van der Waals surface area contributed by atoms with Crippen molar-refractivity contribution in [1.82, 2.24) is 15.3 Å². The highest BCUT2D eigenvalue weighted by Crippen LogP contribution is 2.36. The molecule has 5 rings (SSSR count). The molecule has 4 aromatic rings. The van der Waals surface area contributed by atoms with E-state index in [9.17, 15) is 0 Å². The summed E-state index contributed by atoms with van der Waals surface area (Å²) < 4.78 is 6.03. The van der Waals surface area contributed by atoms with E-state index < -0.39 is 0 Å². The van der Waals surface area contributed by atoms with Crippen molar-refractivity contribution in [2.45, 2.75) is 25.2 Å². The number of aromatic nitrogens is 2. The molecule has 3 aromatic heterocycles. The SMILES string of the molecule is Cl.c1csc(Cc2nc3c(ccc4[nH]cc(C5CCNCC5)c43)o2)c1. The fraction of sp³-hybridized carbons (Fsp3) is 0.316. The molecule has 0 atom stereocenters. The van der Waals surface area contributed by atoms with E-state index in [0.717, 1.165) is 42.0 Å². The molecule has 4 heterocycles. The first-order valence-electron chi connectivity index (χ1n) is 8.51. The number of oxazole rings is 1. The molecule has 0 bridgehead atoms. The Kier molecular flexibility index (Phi) is 4.54. The molecule has 1 aliphatic heterocycles. The molecule has 1 fully saturated rings. The number of rotatable bonds is 3. The third-order valence-corrected chi connectivity index (χ3v) is 5.84. The lowest BCUT2D eigenvalue weighted by Gasteiger charge is -2.22. The van der Waals surface area contributed by atoms with E-state index in [2.05, 4.69) is 40.1 Å². The van der Waals surface area contributed by atoms with Gasteiger partial charge < -0.3 is 14.7 Å². The molecule has 1 aromatic carbocycles. The number of H-pyrrole nitrogens is 1. The predicted octanol–water partition coefficient (Wildman–Crippen LogP) is 4.85. The Bertz CT molecular complexity index is 983. The van der Waals surface area contributed by atoms with Crippen molar-refractivity contribution in [3.63, 3.8) is 0 Å². The largest absolute Gasteiger partial charge is 0.440 e. The zero-order chi connectivity index (χ0) is 15.9. The lowest BCUT2D eigenvalue weighted by molar-refractivity contribution is 0.462. The van der Waals surface area contributed by atoms with Crippen LogP contribution < -0.4 is 5.32 Å². The molecule has 0 spiro atoms. The Hall–Kier alpha value is -1.82. The first kappa shape index (κ1) is 16.6. The topological polar surface area (TPSA) is 53.9 Å². The summed E-state index contributed by atoms with van der Waals surface area (Å²) in [4.78, 5) is 9.56. The van der Waals surface area contributed by atoms with Crippen molar-refractivity contribution >= 4 is 45.7 Å². The van der Waals surface area contributed by atoms with Crippen molar-refractivity contribution in [3.8, 4) is 0 Å². The molecule has 1 aliphatic rings. The highest BCUT2D eigenvalue weighted by Gasteiger charge is 2.21. The summed E-state index contributed by atoms with van der Waals surface area (Å²) in [6.45, 7) is 2.19. The maximum atomic E-state index is 6.03. The van der Waals surface area contributed by atoms with Crippen LogP contribution in [-0.2, 0) is 6.42 Å². The summed E-state index contributed by atoms with van der Waals surface area (Å²) in [5, 5.41) is 6.79. The van der Waals surface area contributed by atoms with E-state index in [4.69, 9.17) is 9.40 Å². The first-order chi connectivity index (χ1) is 11.9. The van der Waals surface area contributed by atoms with E-state index in [0.29, 0.717) is 5.92 Å². The number of thiophene rings is 1. The molecule has 6 heteroatoms. The lowest BCUT2D eigenvalue weighted by atomic mass is 9.90. The molecule has 130 valence electrons. The van der Waals surface area contributed by atoms with E-state index in [1.165, 1.54) is 28.7 Å². The fourth-order valence-corrected chi connectivity index (χ4v) is 4.47. The Balaban J connectivity index is 0.00000157. The maximum absolute atomic E-state index is 6.03. The number of piperidine rings is 1. The predicted molar refractivity (Wildman–Crippen MR) is 105 cm³/mol. The fourth-order valence-electron chi connectivity index (χ4n) is 3.77. The van der Waals surface area contributed by atoms with Gasteiger partial charge in [-0.15, -0.1) is 23.7 Å². The number of benzene rings is 1. The quantitative estimate of drug-likeness (QED) is 0.539. The van der Waals surface area contributed by atoms with Crippen LogP contribution in [0.1, 0.15) is 35.1 Å². The molecule has 0 amide bonds. The van der Waals surface area contributed by atoms with Gasteiger partial charge in [0.1, 0.15) is 5.52 Å². The first-order valence-corrected chi connectivity index (χ1v) is 9.39. The van der Waals surface area contributed by atoms with Gasteiger partial charge in [-0.3, -0.25) is 0 Å². The highest BCUT2D eigenvalue weighted by molar-refractivity contribution is 7.09. The van der Waals surface area contributed by atoms with Gasteiger partial charge in [0.25, 0.3) is 0 Å². The van der Waals surface area contributed by atoms with Crippen LogP contribution in [0.15, 0.2) is 40.3 Å². The lowest BCUT2D eigenvalue weighted by Crippen LogP contribution is -2.26. The normalized spacial score (nSPS) is 15.7. The van der Waals surface area contributed by atoms with E-state index in [1.807, 2.05) is 6.07 Å². The Labute approximate surface area is 156 Å². The maximum Gasteiger partial charge on any atom is 0.200 e. The number of hydrogen-bond donors (Lipinski definition) is 2. The second kappa shape index (κ2) is 6.83. The third-order valence-electron chi connectivity index (χ3n) is 4.96. The Morgan fingerprint density at radius 3 is 2.88 bits per heavy atom. The minimum absolute atomic E-state index is 0. The van der Waals surface area contributed by atoms with E-state index in [-0.39, 0.29) is 12.4 Å². The number of aromatic amines is 1. The summed E-state index contributed by atoms with van der Waals surface area (Å²) in [5.74, 6) is 1.40. The van der Waals surface area contributed by atoms with Crippen LogP contribution in [0, 0.1) is 0 Å². The van der Waals surface area contributed by atoms with Crippen LogP contribution >= 0.6 is 23.7 Å². The summed E-state index contributed by atoms with van der Waals surface area (Å²) in [6, 6.07) is 8.35. The van der Waals surface area contributed by atoms with Crippen molar-refractivity contribution < 1.29 is 4.42 Å². The van der Waals surface area contributed by atoms with E-state index >= 15 is 0 Å². The Morgan fingerprint density at radius 2 is 2.08 bits per heavy atom. The van der Waals surface area contributed by atoms with Crippen LogP contribution in [-0.4, -0.2) is 23.1 Å². The summed E-state index contributed by atoms with van der Waals surface area (Å²) in [7, 11) is 0. The number of hydrogen-bond acceptors (Lipinski definition) is 4. The molecular weight excluding hydrogens is 354 g/mol. The van der Waals surface area contributed by atoms with Crippen molar-refractivity contribution in [1.29, 1.82) is 0 Å². The van der Waals surface area contributed by atoms with Crippen LogP contribution in [0.2, 0.25) is 0 Å². The van der Waals surface area contributed by atoms with E-state index in [1.54, 1.807) is 11.3 Å². The molecule has 25 heavy (non-hydrogen) atoms. The van der Waals surface area contributed by atoms with Crippen molar-refractivity contribution in [2.24, 2.45) is 0 Å². The molecule has 0 aliphatic carbocycles. The minimum atomic E-state index is 0. The van der Waals surface area contributed by atoms with Crippen molar-refractivity contribution in [2.75, 3.05) is 13.1 Å². The van der Waals surface area contributed by atoms with Crippen molar-refractivity contribution in [3.05, 3.63) is 52.2 Å². The van der Waals surface area contributed by atoms with Gasteiger partial charge in [-0.2, -0.15) is 0 Å². The summed E-state index contributed by atoms with van der Waals surface area (Å²) in [6.07, 6.45) is 5.31. The molecule has 0 unspecified atom stereocenters.